The molecular weight excluding hydrogens is 404 g/mol. The third kappa shape index (κ3) is 4.59. The normalized spacial score (nSPS) is 22.2. The van der Waals surface area contributed by atoms with Crippen LogP contribution in [-0.2, 0) is 23.9 Å². The number of carbonyl (C=O) groups is 3. The van der Waals surface area contributed by atoms with Crippen LogP contribution in [0.4, 0.5) is 0 Å². The zero-order valence-electron chi connectivity index (χ0n) is 17.9. The Morgan fingerprint density at radius 1 is 1.23 bits per heavy atom. The average Bonchev–Trinajstić information content (AvgIpc) is 3.36. The van der Waals surface area contributed by atoms with Crippen LogP contribution in [0.1, 0.15) is 39.0 Å². The van der Waals surface area contributed by atoms with Crippen molar-refractivity contribution in [3.8, 4) is 0 Å². The van der Waals surface area contributed by atoms with Crippen molar-refractivity contribution in [3.63, 3.8) is 0 Å². The van der Waals surface area contributed by atoms with Crippen LogP contribution in [0, 0.1) is 0 Å². The van der Waals surface area contributed by atoms with Crippen molar-refractivity contribution in [1.29, 1.82) is 0 Å². The van der Waals surface area contributed by atoms with E-state index >= 15 is 0 Å². The van der Waals surface area contributed by atoms with E-state index in [9.17, 15) is 14.4 Å². The molecule has 3 rings (SSSR count). The van der Waals surface area contributed by atoms with E-state index in [0.717, 1.165) is 10.5 Å². The molecule has 2 aliphatic rings. The summed E-state index contributed by atoms with van der Waals surface area (Å²) < 4.78 is 10.9. The van der Waals surface area contributed by atoms with E-state index in [0.29, 0.717) is 37.5 Å². The predicted molar refractivity (Wildman–Crippen MR) is 115 cm³/mol. The molecule has 0 radical (unpaired) electrons. The highest BCUT2D eigenvalue weighted by atomic mass is 32.1. The number of allylic oxidation sites excluding steroid dienone is 2. The van der Waals surface area contributed by atoms with Gasteiger partial charge in [-0.1, -0.05) is 6.07 Å². The molecule has 7 nitrogen and oxygen atoms in total. The fourth-order valence-electron chi connectivity index (χ4n) is 3.77. The molecule has 1 aromatic heterocycles. The molecule has 0 aromatic carbocycles. The van der Waals surface area contributed by atoms with Crippen molar-refractivity contribution in [2.24, 2.45) is 0 Å². The molecule has 0 spiro atoms. The lowest BCUT2D eigenvalue weighted by atomic mass is 9.96. The quantitative estimate of drug-likeness (QED) is 0.528. The number of hydrogen-bond acceptors (Lipinski definition) is 6. The van der Waals surface area contributed by atoms with Crippen LogP contribution in [0.25, 0.3) is 5.57 Å². The van der Waals surface area contributed by atoms with E-state index < -0.39 is 11.6 Å². The van der Waals surface area contributed by atoms with Gasteiger partial charge in [0.15, 0.2) is 5.60 Å². The van der Waals surface area contributed by atoms with Gasteiger partial charge in [-0.2, -0.15) is 0 Å². The Balaban J connectivity index is 1.57. The predicted octanol–water partition coefficient (Wildman–Crippen LogP) is 2.84. The maximum absolute atomic E-state index is 13.1. The number of ether oxygens (including phenoxy) is 2. The molecule has 0 saturated carbocycles. The summed E-state index contributed by atoms with van der Waals surface area (Å²) in [6, 6.07) is 3.95. The minimum atomic E-state index is -1.12. The lowest BCUT2D eigenvalue weighted by Gasteiger charge is -2.38. The Hall–Kier alpha value is -2.61. The van der Waals surface area contributed by atoms with Crippen molar-refractivity contribution >= 4 is 34.7 Å². The van der Waals surface area contributed by atoms with Crippen molar-refractivity contribution in [1.82, 2.24) is 9.80 Å². The highest BCUT2D eigenvalue weighted by Gasteiger charge is 2.47. The zero-order valence-corrected chi connectivity index (χ0v) is 18.7. The van der Waals surface area contributed by atoms with Gasteiger partial charge in [-0.3, -0.25) is 9.59 Å². The second-order valence-electron chi connectivity index (χ2n) is 7.69. The molecular formula is C22H28N2O5S. The fraction of sp³-hybridized carbons (Fsp3) is 0.500. The Kier molecular flexibility index (Phi) is 6.65. The highest BCUT2D eigenvalue weighted by molar-refractivity contribution is 7.11. The van der Waals surface area contributed by atoms with Crippen molar-refractivity contribution < 1.29 is 23.9 Å². The Morgan fingerprint density at radius 3 is 2.50 bits per heavy atom. The summed E-state index contributed by atoms with van der Waals surface area (Å²) in [7, 11) is 0. The number of piperazine rings is 1. The number of nitrogens with zero attached hydrogens (tertiary/aromatic N) is 2. The van der Waals surface area contributed by atoms with Crippen LogP contribution >= 0.6 is 11.3 Å². The lowest BCUT2D eigenvalue weighted by Crippen LogP contribution is -2.55. The van der Waals surface area contributed by atoms with E-state index in [1.807, 2.05) is 24.4 Å². The Bertz CT molecular complexity index is 881. The second kappa shape index (κ2) is 9.04. The minimum absolute atomic E-state index is 0.0431. The Labute approximate surface area is 180 Å². The summed E-state index contributed by atoms with van der Waals surface area (Å²) in [5, 5.41) is 1.98. The van der Waals surface area contributed by atoms with Gasteiger partial charge < -0.3 is 19.3 Å². The molecule has 3 heterocycles. The first-order valence-corrected chi connectivity index (χ1v) is 11.0. The van der Waals surface area contributed by atoms with E-state index in [4.69, 9.17) is 9.47 Å². The molecule has 2 aliphatic heterocycles. The number of rotatable bonds is 5. The largest absolute Gasteiger partial charge is 0.481 e. The topological polar surface area (TPSA) is 76.2 Å². The molecule has 1 aromatic rings. The van der Waals surface area contributed by atoms with Gasteiger partial charge in [-0.25, -0.2) is 4.79 Å². The van der Waals surface area contributed by atoms with Crippen molar-refractivity contribution in [2.45, 2.75) is 39.7 Å². The van der Waals surface area contributed by atoms with E-state index in [2.05, 4.69) is 0 Å². The molecule has 1 unspecified atom stereocenters. The number of carbonyl (C=O) groups excluding carboxylic acids is 3. The Morgan fingerprint density at radius 2 is 1.90 bits per heavy atom. The van der Waals surface area contributed by atoms with Gasteiger partial charge in [0, 0.05) is 43.6 Å². The van der Waals surface area contributed by atoms with Gasteiger partial charge in [0.1, 0.15) is 5.76 Å². The maximum atomic E-state index is 13.1. The standard InChI is InChI=1S/C22H28N2O5S/c1-5-28-20(26)17-14-22(4,29-16(17)3)21(27)24-10-8-23(9-11-24)19(25)13-15(2)18-7-6-12-30-18/h6-7,12-13H,5,8-11,14H2,1-4H3. The molecule has 0 aliphatic carbocycles. The second-order valence-corrected chi connectivity index (χ2v) is 8.63. The van der Waals surface area contributed by atoms with Crippen LogP contribution in [0.5, 0.6) is 0 Å². The molecule has 0 N–H and O–H groups in total. The maximum Gasteiger partial charge on any atom is 0.337 e. The first-order chi connectivity index (χ1) is 14.2. The molecule has 162 valence electrons. The molecule has 2 amide bonds. The summed E-state index contributed by atoms with van der Waals surface area (Å²) >= 11 is 1.60. The fourth-order valence-corrected chi connectivity index (χ4v) is 4.47. The molecule has 0 bridgehead atoms. The molecule has 30 heavy (non-hydrogen) atoms. The summed E-state index contributed by atoms with van der Waals surface area (Å²) in [5.74, 6) is -0.209. The average molecular weight is 433 g/mol. The van der Waals surface area contributed by atoms with E-state index in [1.165, 1.54) is 0 Å². The first kappa shape index (κ1) is 22.1. The van der Waals surface area contributed by atoms with Crippen LogP contribution in [0.3, 0.4) is 0 Å². The van der Waals surface area contributed by atoms with Crippen LogP contribution in [0.2, 0.25) is 0 Å². The summed E-state index contributed by atoms with van der Waals surface area (Å²) in [4.78, 5) is 42.3. The van der Waals surface area contributed by atoms with Gasteiger partial charge in [-0.05, 0) is 44.7 Å². The third-order valence-corrected chi connectivity index (χ3v) is 6.43. The third-order valence-electron chi connectivity index (χ3n) is 5.42. The van der Waals surface area contributed by atoms with Crippen molar-refractivity contribution in [2.75, 3.05) is 32.8 Å². The monoisotopic (exact) mass is 432 g/mol. The van der Waals surface area contributed by atoms with Gasteiger partial charge in [-0.15, -0.1) is 11.3 Å². The van der Waals surface area contributed by atoms with Crippen LogP contribution < -0.4 is 0 Å². The van der Waals surface area contributed by atoms with Gasteiger partial charge in [0.2, 0.25) is 5.91 Å². The lowest BCUT2D eigenvalue weighted by molar-refractivity contribution is -0.152. The molecule has 1 fully saturated rings. The number of hydrogen-bond donors (Lipinski definition) is 0. The SMILES string of the molecule is CCOC(=O)C1=C(C)OC(C)(C(=O)N2CCN(C(=O)C=C(C)c3cccs3)CC2)C1. The summed E-state index contributed by atoms with van der Waals surface area (Å²) in [6.07, 6.45) is 1.85. The molecule has 8 heteroatoms. The van der Waals surface area contributed by atoms with Gasteiger partial charge in [0.05, 0.1) is 12.2 Å². The first-order valence-electron chi connectivity index (χ1n) is 10.1. The van der Waals surface area contributed by atoms with Crippen LogP contribution in [0.15, 0.2) is 34.9 Å². The highest BCUT2D eigenvalue weighted by Crippen LogP contribution is 2.36. The summed E-state index contributed by atoms with van der Waals surface area (Å²) in [5.41, 5.74) is 0.234. The van der Waals surface area contributed by atoms with Crippen molar-refractivity contribution in [3.05, 3.63) is 39.8 Å². The van der Waals surface area contributed by atoms with Crippen LogP contribution in [-0.4, -0.2) is 66.0 Å². The minimum Gasteiger partial charge on any atom is -0.481 e. The zero-order chi connectivity index (χ0) is 21.9. The van der Waals surface area contributed by atoms with E-state index in [1.54, 1.807) is 48.0 Å². The van der Waals surface area contributed by atoms with Gasteiger partial charge in [0.25, 0.3) is 5.91 Å². The summed E-state index contributed by atoms with van der Waals surface area (Å²) in [6.45, 7) is 9.13. The smallest absolute Gasteiger partial charge is 0.337 e. The number of amides is 2. The van der Waals surface area contributed by atoms with E-state index in [-0.39, 0.29) is 24.8 Å². The molecule has 1 atom stereocenters. The molecule has 1 saturated heterocycles. The number of esters is 1. The number of thiophene rings is 1. The van der Waals surface area contributed by atoms with Gasteiger partial charge >= 0.3 is 5.97 Å².